The molecule has 0 unspecified atom stereocenters. The number of rotatable bonds is 8. The van der Waals surface area contributed by atoms with E-state index in [4.69, 9.17) is 18.7 Å². The third-order valence-electron chi connectivity index (χ3n) is 4.78. The van der Waals surface area contributed by atoms with Gasteiger partial charge in [-0.3, -0.25) is 0 Å². The van der Waals surface area contributed by atoms with E-state index in [0.717, 1.165) is 11.3 Å². The number of esters is 1. The molecule has 0 spiro atoms. The van der Waals surface area contributed by atoms with Gasteiger partial charge in [0.15, 0.2) is 29.6 Å². The molecule has 0 bridgehead atoms. The zero-order valence-electron chi connectivity index (χ0n) is 17.9. The van der Waals surface area contributed by atoms with Crippen molar-refractivity contribution in [1.82, 2.24) is 19.9 Å². The van der Waals surface area contributed by atoms with Gasteiger partial charge >= 0.3 is 5.97 Å². The van der Waals surface area contributed by atoms with Gasteiger partial charge in [-0.2, -0.15) is 10.1 Å². The van der Waals surface area contributed by atoms with Crippen molar-refractivity contribution in [3.63, 3.8) is 0 Å². The Balaban J connectivity index is 1.69. The van der Waals surface area contributed by atoms with Crippen LogP contribution in [0.5, 0.6) is 11.5 Å². The molecule has 4 rings (SSSR count). The monoisotopic (exact) mass is 434 g/mol. The number of aromatic nitrogens is 4. The van der Waals surface area contributed by atoms with E-state index in [1.165, 1.54) is 0 Å². The lowest BCUT2D eigenvalue weighted by Crippen LogP contribution is -2.08. The van der Waals surface area contributed by atoms with E-state index in [-0.39, 0.29) is 18.2 Å². The van der Waals surface area contributed by atoms with Crippen molar-refractivity contribution in [2.45, 2.75) is 20.0 Å². The summed E-state index contributed by atoms with van der Waals surface area (Å²) in [4.78, 5) is 17.1. The summed E-state index contributed by atoms with van der Waals surface area (Å²) in [5.41, 5.74) is 2.26. The number of hydrogen-bond acceptors (Lipinski definition) is 8. The third kappa shape index (κ3) is 4.31. The summed E-state index contributed by atoms with van der Waals surface area (Å²) in [5.74, 6) is 1.29. The highest BCUT2D eigenvalue weighted by atomic mass is 16.6. The summed E-state index contributed by atoms with van der Waals surface area (Å²) in [6.45, 7) is 1.77. The fourth-order valence-electron chi connectivity index (χ4n) is 3.14. The van der Waals surface area contributed by atoms with Gasteiger partial charge in [0.2, 0.25) is 0 Å². The molecule has 0 N–H and O–H groups in total. The van der Waals surface area contributed by atoms with E-state index >= 15 is 0 Å². The molecule has 0 saturated heterocycles. The number of hydrogen-bond donors (Lipinski definition) is 0. The SMILES string of the molecule is CCc1noc(COC(=O)c2nn(-c3ccccc3)cc2-c2ccc(OC)c(OC)c2)n1. The highest BCUT2D eigenvalue weighted by Gasteiger charge is 2.22. The van der Waals surface area contributed by atoms with Crippen molar-refractivity contribution in [3.05, 3.63) is 72.1 Å². The molecule has 0 amide bonds. The Bertz CT molecular complexity index is 1220. The van der Waals surface area contributed by atoms with Crippen LogP contribution in [0.2, 0.25) is 0 Å². The van der Waals surface area contributed by atoms with E-state index in [1.807, 2.05) is 43.3 Å². The van der Waals surface area contributed by atoms with Crippen LogP contribution < -0.4 is 9.47 Å². The zero-order chi connectivity index (χ0) is 22.5. The topological polar surface area (TPSA) is 102 Å². The number of nitrogens with zero attached hydrogens (tertiary/aromatic N) is 4. The Morgan fingerprint density at radius 3 is 2.53 bits per heavy atom. The van der Waals surface area contributed by atoms with Crippen LogP contribution in [-0.2, 0) is 17.8 Å². The van der Waals surface area contributed by atoms with Gasteiger partial charge in [0.05, 0.1) is 19.9 Å². The molecule has 0 saturated carbocycles. The number of aryl methyl sites for hydroxylation is 1. The fourth-order valence-corrected chi connectivity index (χ4v) is 3.14. The van der Waals surface area contributed by atoms with Gasteiger partial charge in [0, 0.05) is 18.2 Å². The number of benzene rings is 2. The molecule has 0 fully saturated rings. The van der Waals surface area contributed by atoms with E-state index in [9.17, 15) is 4.79 Å². The first-order chi connectivity index (χ1) is 15.6. The van der Waals surface area contributed by atoms with Gasteiger partial charge in [-0.25, -0.2) is 9.48 Å². The van der Waals surface area contributed by atoms with E-state index < -0.39 is 5.97 Å². The van der Waals surface area contributed by atoms with Crippen molar-refractivity contribution in [2.24, 2.45) is 0 Å². The number of ether oxygens (including phenoxy) is 3. The molecule has 2 heterocycles. The first-order valence-corrected chi connectivity index (χ1v) is 9.99. The normalized spacial score (nSPS) is 10.7. The molecule has 2 aromatic heterocycles. The maximum Gasteiger partial charge on any atom is 0.360 e. The molecular formula is C23H22N4O5. The first-order valence-electron chi connectivity index (χ1n) is 9.99. The molecule has 9 nitrogen and oxygen atoms in total. The van der Waals surface area contributed by atoms with Crippen LogP contribution in [-0.4, -0.2) is 40.1 Å². The van der Waals surface area contributed by atoms with Gasteiger partial charge in [0.25, 0.3) is 5.89 Å². The van der Waals surface area contributed by atoms with Crippen LogP contribution in [0, 0.1) is 0 Å². The van der Waals surface area contributed by atoms with Gasteiger partial charge in [-0.05, 0) is 29.8 Å². The summed E-state index contributed by atoms with van der Waals surface area (Å²) >= 11 is 0. The lowest BCUT2D eigenvalue weighted by molar-refractivity contribution is 0.0423. The van der Waals surface area contributed by atoms with Crippen LogP contribution >= 0.6 is 0 Å². The molecule has 2 aromatic carbocycles. The van der Waals surface area contributed by atoms with Crippen LogP contribution in [0.1, 0.15) is 29.1 Å². The summed E-state index contributed by atoms with van der Waals surface area (Å²) in [7, 11) is 3.12. The van der Waals surface area contributed by atoms with Crippen molar-refractivity contribution < 1.29 is 23.5 Å². The Morgan fingerprint density at radius 2 is 1.84 bits per heavy atom. The molecule has 4 aromatic rings. The van der Waals surface area contributed by atoms with Crippen molar-refractivity contribution in [1.29, 1.82) is 0 Å². The molecule has 164 valence electrons. The predicted molar refractivity (Wildman–Crippen MR) is 115 cm³/mol. The van der Waals surface area contributed by atoms with Crippen LogP contribution in [0.3, 0.4) is 0 Å². The van der Waals surface area contributed by atoms with Gasteiger partial charge in [-0.1, -0.05) is 36.3 Å². The lowest BCUT2D eigenvalue weighted by Gasteiger charge is -2.09. The Kier molecular flexibility index (Phi) is 6.16. The predicted octanol–water partition coefficient (Wildman–Crippen LogP) is 3.86. The lowest BCUT2D eigenvalue weighted by atomic mass is 10.1. The maximum absolute atomic E-state index is 13.0. The molecule has 0 atom stereocenters. The summed E-state index contributed by atoms with van der Waals surface area (Å²) in [6, 6.07) is 14.9. The van der Waals surface area contributed by atoms with Crippen molar-refractivity contribution >= 4 is 5.97 Å². The molecule has 9 heteroatoms. The maximum atomic E-state index is 13.0. The second-order valence-electron chi connectivity index (χ2n) is 6.78. The average molecular weight is 434 g/mol. The largest absolute Gasteiger partial charge is 0.493 e. The second kappa shape index (κ2) is 9.34. The highest BCUT2D eigenvalue weighted by Crippen LogP contribution is 2.34. The Morgan fingerprint density at radius 1 is 1.06 bits per heavy atom. The highest BCUT2D eigenvalue weighted by molar-refractivity contribution is 5.95. The molecule has 0 aliphatic carbocycles. The standard InChI is InChI=1S/C23H22N4O5/c1-4-20-24-21(32-26-20)14-31-23(28)22-17(13-27(25-22)16-8-6-5-7-9-16)15-10-11-18(29-2)19(12-15)30-3/h5-13H,4,14H2,1-3H3. The Hall–Kier alpha value is -4.14. The summed E-state index contributed by atoms with van der Waals surface area (Å²) in [5, 5.41) is 8.30. The second-order valence-corrected chi connectivity index (χ2v) is 6.78. The van der Waals surface area contributed by atoms with Crippen LogP contribution in [0.25, 0.3) is 16.8 Å². The fraction of sp³-hybridized carbons (Fsp3) is 0.217. The average Bonchev–Trinajstić information content (AvgIpc) is 3.50. The molecular weight excluding hydrogens is 412 g/mol. The quantitative estimate of drug-likeness (QED) is 0.385. The summed E-state index contributed by atoms with van der Waals surface area (Å²) < 4.78 is 22.9. The minimum atomic E-state index is -0.610. The van der Waals surface area contributed by atoms with Crippen molar-refractivity contribution in [2.75, 3.05) is 14.2 Å². The molecule has 0 aliphatic heterocycles. The zero-order valence-corrected chi connectivity index (χ0v) is 17.9. The van der Waals surface area contributed by atoms with E-state index in [0.29, 0.717) is 29.3 Å². The molecule has 0 aliphatic rings. The van der Waals surface area contributed by atoms with Crippen LogP contribution in [0.15, 0.2) is 59.3 Å². The number of carbonyl (C=O) groups excluding carboxylic acids is 1. The summed E-state index contributed by atoms with van der Waals surface area (Å²) in [6.07, 6.45) is 2.40. The van der Waals surface area contributed by atoms with Crippen molar-refractivity contribution in [3.8, 4) is 28.3 Å². The minimum Gasteiger partial charge on any atom is -0.493 e. The smallest absolute Gasteiger partial charge is 0.360 e. The van der Waals surface area contributed by atoms with Gasteiger partial charge < -0.3 is 18.7 Å². The number of methoxy groups -OCH3 is 2. The molecule has 32 heavy (non-hydrogen) atoms. The van der Waals surface area contributed by atoms with E-state index in [1.54, 1.807) is 37.2 Å². The Labute approximate surface area is 184 Å². The number of carbonyl (C=O) groups is 1. The van der Waals surface area contributed by atoms with Crippen LogP contribution in [0.4, 0.5) is 0 Å². The first kappa shape index (κ1) is 21.1. The number of para-hydroxylation sites is 1. The minimum absolute atomic E-state index is 0.143. The van der Waals surface area contributed by atoms with E-state index in [2.05, 4.69) is 15.2 Å². The third-order valence-corrected chi connectivity index (χ3v) is 4.78. The van der Waals surface area contributed by atoms with Gasteiger partial charge in [-0.15, -0.1) is 0 Å². The molecule has 0 radical (unpaired) electrons. The van der Waals surface area contributed by atoms with Gasteiger partial charge in [0.1, 0.15) is 0 Å².